The maximum Gasteiger partial charge on any atom is 0.127 e. The maximum atomic E-state index is 4.35. The van der Waals surface area contributed by atoms with Crippen LogP contribution in [0.25, 0.3) is 0 Å². The Hall–Kier alpha value is -1.29. The lowest BCUT2D eigenvalue weighted by molar-refractivity contribution is 0.346. The monoisotopic (exact) mass is 262 g/mol. The van der Waals surface area contributed by atoms with Crippen molar-refractivity contribution in [2.24, 2.45) is 0 Å². The highest BCUT2D eigenvalue weighted by Crippen LogP contribution is 2.16. The number of likely N-dealkylation sites (tertiary alicyclic amines) is 1. The van der Waals surface area contributed by atoms with Gasteiger partial charge in [0, 0.05) is 44.6 Å². The Labute approximate surface area is 116 Å². The van der Waals surface area contributed by atoms with Crippen LogP contribution in [0.5, 0.6) is 0 Å². The molecule has 2 rings (SSSR count). The summed E-state index contributed by atoms with van der Waals surface area (Å²) < 4.78 is 0. The smallest absolute Gasteiger partial charge is 0.127 e. The van der Waals surface area contributed by atoms with Crippen molar-refractivity contribution >= 4 is 11.5 Å². The molecule has 1 aromatic heterocycles. The number of nitrogens with one attached hydrogen (secondary N) is 1. The molecule has 0 bridgehead atoms. The zero-order valence-corrected chi connectivity index (χ0v) is 12.2. The van der Waals surface area contributed by atoms with Crippen LogP contribution in [0.2, 0.25) is 0 Å². The summed E-state index contributed by atoms with van der Waals surface area (Å²) in [4.78, 5) is 9.21. The van der Waals surface area contributed by atoms with Crippen molar-refractivity contribution in [1.82, 2.24) is 9.88 Å². The Balaban J connectivity index is 1.84. The Morgan fingerprint density at radius 2 is 2.16 bits per heavy atom. The fourth-order valence-electron chi connectivity index (χ4n) is 2.43. The van der Waals surface area contributed by atoms with Gasteiger partial charge >= 0.3 is 0 Å². The Bertz CT molecular complexity index is 374. The van der Waals surface area contributed by atoms with E-state index >= 15 is 0 Å². The first-order valence-electron chi connectivity index (χ1n) is 7.43. The van der Waals surface area contributed by atoms with Gasteiger partial charge in [-0.1, -0.05) is 6.92 Å². The Morgan fingerprint density at radius 3 is 2.89 bits per heavy atom. The van der Waals surface area contributed by atoms with E-state index < -0.39 is 0 Å². The molecule has 1 fully saturated rings. The molecule has 106 valence electrons. The van der Waals surface area contributed by atoms with E-state index in [1.807, 2.05) is 6.20 Å². The number of hydrogen-bond acceptors (Lipinski definition) is 4. The molecule has 0 radical (unpaired) electrons. The lowest BCUT2D eigenvalue weighted by Crippen LogP contribution is -2.31. The van der Waals surface area contributed by atoms with E-state index in [-0.39, 0.29) is 0 Å². The Morgan fingerprint density at radius 1 is 1.37 bits per heavy atom. The van der Waals surface area contributed by atoms with Crippen LogP contribution < -0.4 is 10.2 Å². The van der Waals surface area contributed by atoms with Crippen molar-refractivity contribution in [1.29, 1.82) is 0 Å². The van der Waals surface area contributed by atoms with Crippen LogP contribution in [0.4, 0.5) is 11.5 Å². The molecule has 2 heterocycles. The van der Waals surface area contributed by atoms with Gasteiger partial charge in [-0.2, -0.15) is 0 Å². The average Bonchev–Trinajstić information content (AvgIpc) is 2.96. The number of nitrogens with zero attached hydrogens (tertiary/aromatic N) is 3. The predicted molar refractivity (Wildman–Crippen MR) is 82.0 cm³/mol. The first-order valence-corrected chi connectivity index (χ1v) is 7.43. The molecule has 0 amide bonds. The van der Waals surface area contributed by atoms with E-state index in [0.29, 0.717) is 0 Å². The molecule has 19 heavy (non-hydrogen) atoms. The summed E-state index contributed by atoms with van der Waals surface area (Å²) in [7, 11) is 2.16. The third kappa shape index (κ3) is 4.39. The van der Waals surface area contributed by atoms with Gasteiger partial charge in [0.2, 0.25) is 0 Å². The minimum absolute atomic E-state index is 0.979. The third-order valence-electron chi connectivity index (χ3n) is 3.69. The standard InChI is InChI=1S/C15H26N4/c1-3-7-16-15-13-14(6-8-17-15)18(2)11-12-19-9-4-5-10-19/h6,8,13H,3-5,7,9-12H2,1-2H3,(H,16,17). The number of hydrogen-bond donors (Lipinski definition) is 1. The summed E-state index contributed by atoms with van der Waals surface area (Å²) in [6.07, 6.45) is 5.74. The molecule has 0 unspecified atom stereocenters. The second-order valence-corrected chi connectivity index (χ2v) is 5.30. The highest BCUT2D eigenvalue weighted by Gasteiger charge is 2.12. The molecule has 0 spiro atoms. The third-order valence-corrected chi connectivity index (χ3v) is 3.69. The SMILES string of the molecule is CCCNc1cc(N(C)CCN2CCCC2)ccn1. The molecule has 1 N–H and O–H groups in total. The molecule has 4 heteroatoms. The van der Waals surface area contributed by atoms with Gasteiger partial charge in [0.05, 0.1) is 0 Å². The zero-order chi connectivity index (χ0) is 13.5. The van der Waals surface area contributed by atoms with E-state index in [1.54, 1.807) is 0 Å². The van der Waals surface area contributed by atoms with Crippen LogP contribution in [0.1, 0.15) is 26.2 Å². The number of pyridine rings is 1. The van der Waals surface area contributed by atoms with Crippen LogP contribution in [0.3, 0.4) is 0 Å². The molecule has 1 aliphatic rings. The van der Waals surface area contributed by atoms with Crippen molar-refractivity contribution in [3.05, 3.63) is 18.3 Å². The lowest BCUT2D eigenvalue weighted by Gasteiger charge is -2.23. The quantitative estimate of drug-likeness (QED) is 0.818. The molecule has 0 saturated carbocycles. The van der Waals surface area contributed by atoms with Gasteiger partial charge in [-0.05, 0) is 38.4 Å². The van der Waals surface area contributed by atoms with Gasteiger partial charge in [0.25, 0.3) is 0 Å². The van der Waals surface area contributed by atoms with Crippen LogP contribution in [0.15, 0.2) is 18.3 Å². The highest BCUT2D eigenvalue weighted by molar-refractivity contribution is 5.53. The van der Waals surface area contributed by atoms with Crippen LogP contribution in [-0.2, 0) is 0 Å². The van der Waals surface area contributed by atoms with Crippen molar-refractivity contribution in [3.63, 3.8) is 0 Å². The summed E-state index contributed by atoms with van der Waals surface area (Å²) in [6, 6.07) is 4.22. The van der Waals surface area contributed by atoms with Gasteiger partial charge in [-0.3, -0.25) is 0 Å². The van der Waals surface area contributed by atoms with Crippen molar-refractivity contribution in [2.45, 2.75) is 26.2 Å². The highest BCUT2D eigenvalue weighted by atomic mass is 15.2. The molecule has 1 saturated heterocycles. The molecule has 4 nitrogen and oxygen atoms in total. The van der Waals surface area contributed by atoms with Gasteiger partial charge in [-0.15, -0.1) is 0 Å². The molecule has 0 aromatic carbocycles. The number of anilines is 2. The molecular weight excluding hydrogens is 236 g/mol. The van der Waals surface area contributed by atoms with Crippen molar-refractivity contribution < 1.29 is 0 Å². The molecule has 0 aliphatic carbocycles. The topological polar surface area (TPSA) is 31.4 Å². The van der Waals surface area contributed by atoms with E-state index in [4.69, 9.17) is 0 Å². The maximum absolute atomic E-state index is 4.35. The van der Waals surface area contributed by atoms with Crippen LogP contribution in [-0.4, -0.2) is 49.7 Å². The van der Waals surface area contributed by atoms with Crippen molar-refractivity contribution in [2.75, 3.05) is 50.0 Å². The normalized spacial score (nSPS) is 15.7. The summed E-state index contributed by atoms with van der Waals surface area (Å²) in [5.41, 5.74) is 1.24. The fourth-order valence-corrected chi connectivity index (χ4v) is 2.43. The molecule has 1 aromatic rings. The lowest BCUT2D eigenvalue weighted by atomic mass is 10.3. The summed E-state index contributed by atoms with van der Waals surface area (Å²) in [5.74, 6) is 0.979. The largest absolute Gasteiger partial charge is 0.373 e. The summed E-state index contributed by atoms with van der Waals surface area (Å²) >= 11 is 0. The van der Waals surface area contributed by atoms with Crippen molar-refractivity contribution in [3.8, 4) is 0 Å². The summed E-state index contributed by atoms with van der Waals surface area (Å²) in [6.45, 7) is 7.93. The van der Waals surface area contributed by atoms with Gasteiger partial charge in [-0.25, -0.2) is 4.98 Å². The second kappa shape index (κ2) is 7.34. The van der Waals surface area contributed by atoms with Crippen LogP contribution in [0, 0.1) is 0 Å². The van der Waals surface area contributed by atoms with E-state index in [2.05, 4.69) is 46.2 Å². The molecule has 1 aliphatic heterocycles. The van der Waals surface area contributed by atoms with Crippen LogP contribution >= 0.6 is 0 Å². The predicted octanol–water partition coefficient (Wildman–Crippen LogP) is 2.44. The minimum atomic E-state index is 0.979. The number of rotatable bonds is 7. The fraction of sp³-hybridized carbons (Fsp3) is 0.667. The van der Waals surface area contributed by atoms with Gasteiger partial charge in [0.15, 0.2) is 0 Å². The van der Waals surface area contributed by atoms with Gasteiger partial charge < -0.3 is 15.1 Å². The van der Waals surface area contributed by atoms with E-state index in [1.165, 1.54) is 31.6 Å². The summed E-state index contributed by atoms with van der Waals surface area (Å²) in [5, 5.41) is 3.34. The minimum Gasteiger partial charge on any atom is -0.373 e. The zero-order valence-electron chi connectivity index (χ0n) is 12.2. The average molecular weight is 262 g/mol. The first kappa shape index (κ1) is 14.1. The number of likely N-dealkylation sites (N-methyl/N-ethyl adjacent to an activating group) is 1. The van der Waals surface area contributed by atoms with E-state index in [0.717, 1.165) is 31.9 Å². The Kier molecular flexibility index (Phi) is 5.45. The van der Waals surface area contributed by atoms with E-state index in [9.17, 15) is 0 Å². The second-order valence-electron chi connectivity index (χ2n) is 5.30. The number of aromatic nitrogens is 1. The molecule has 0 atom stereocenters. The first-order chi connectivity index (χ1) is 9.29. The molecular formula is C15H26N4. The van der Waals surface area contributed by atoms with Gasteiger partial charge in [0.1, 0.15) is 5.82 Å².